The molecule has 3 aromatic rings. The normalized spacial score (nSPS) is 10.5. The molecule has 4 N–H and O–H groups in total. The molecule has 21 heavy (non-hydrogen) atoms. The number of hydrogen-bond acceptors (Lipinski definition) is 7. The number of aryl methyl sites for hydroxylation is 1. The average Bonchev–Trinajstić information content (AvgIpc) is 3.08. The zero-order valence-electron chi connectivity index (χ0n) is 11.0. The third-order valence-corrected chi connectivity index (χ3v) is 2.65. The Morgan fingerprint density at radius 3 is 2.81 bits per heavy atom. The molecule has 0 saturated heterocycles. The zero-order valence-corrected chi connectivity index (χ0v) is 11.0. The van der Waals surface area contributed by atoms with E-state index in [9.17, 15) is 4.79 Å². The molecule has 9 nitrogen and oxygen atoms in total. The molecule has 106 valence electrons. The lowest BCUT2D eigenvalue weighted by atomic mass is 10.1. The van der Waals surface area contributed by atoms with Crippen LogP contribution in [0.5, 0.6) is 0 Å². The maximum absolute atomic E-state index is 12.0. The summed E-state index contributed by atoms with van der Waals surface area (Å²) in [6.07, 6.45) is 0. The van der Waals surface area contributed by atoms with Crippen molar-refractivity contribution in [2.75, 3.05) is 11.1 Å². The first kappa shape index (κ1) is 12.8. The van der Waals surface area contributed by atoms with Gasteiger partial charge in [0.05, 0.1) is 11.3 Å². The molecular weight excluding hydrogens is 274 g/mol. The minimum atomic E-state index is -0.470. The quantitative estimate of drug-likeness (QED) is 0.653. The van der Waals surface area contributed by atoms with Gasteiger partial charge in [0.2, 0.25) is 11.8 Å². The number of aromatic amines is 1. The van der Waals surface area contributed by atoms with Crippen molar-refractivity contribution in [3.63, 3.8) is 0 Å². The smallest absolute Gasteiger partial charge is 0.293 e. The third-order valence-electron chi connectivity index (χ3n) is 2.65. The molecule has 1 aromatic carbocycles. The number of aromatic nitrogens is 5. The number of hydrogen-bond donors (Lipinski definition) is 3. The van der Waals surface area contributed by atoms with Gasteiger partial charge in [-0.2, -0.15) is 9.97 Å². The lowest BCUT2D eigenvalue weighted by molar-refractivity contribution is 0.101. The lowest BCUT2D eigenvalue weighted by Gasteiger charge is -2.06. The number of nitrogen functional groups attached to an aromatic ring is 1. The second-order valence-electron chi connectivity index (χ2n) is 4.19. The van der Waals surface area contributed by atoms with Gasteiger partial charge in [-0.3, -0.25) is 9.89 Å². The zero-order chi connectivity index (χ0) is 14.8. The third kappa shape index (κ3) is 2.56. The highest BCUT2D eigenvalue weighted by molar-refractivity contribution is 6.03. The van der Waals surface area contributed by atoms with Crippen LogP contribution in [0.3, 0.4) is 0 Å². The summed E-state index contributed by atoms with van der Waals surface area (Å²) in [6, 6.07) is 7.05. The number of nitrogens with zero attached hydrogens (tertiary/aromatic N) is 4. The fraction of sp³-hybridized carbons (Fsp3) is 0.0833. The van der Waals surface area contributed by atoms with Crippen molar-refractivity contribution in [2.24, 2.45) is 0 Å². The van der Waals surface area contributed by atoms with Crippen molar-refractivity contribution in [3.05, 3.63) is 35.9 Å². The summed E-state index contributed by atoms with van der Waals surface area (Å²) in [5.41, 5.74) is 6.49. The van der Waals surface area contributed by atoms with Gasteiger partial charge in [-0.1, -0.05) is 17.3 Å². The molecule has 2 heterocycles. The van der Waals surface area contributed by atoms with Crippen molar-refractivity contribution in [1.29, 1.82) is 0 Å². The second kappa shape index (κ2) is 5.04. The Balaban J connectivity index is 1.91. The standard InChI is InChI=1S/C12H11N7O2/c1-6-14-11(21-19-6)7-4-2-3-5-8(7)15-10(20)9-16-12(13)18-17-9/h2-5H,1H3,(H,15,20)(H3,13,16,17,18). The van der Waals surface area contributed by atoms with E-state index in [-0.39, 0.29) is 11.8 Å². The molecule has 0 aliphatic heterocycles. The number of benzene rings is 1. The van der Waals surface area contributed by atoms with Gasteiger partial charge in [-0.25, -0.2) is 0 Å². The average molecular weight is 285 g/mol. The van der Waals surface area contributed by atoms with Gasteiger partial charge >= 0.3 is 0 Å². The van der Waals surface area contributed by atoms with Gasteiger partial charge in [0, 0.05) is 0 Å². The Morgan fingerprint density at radius 1 is 1.33 bits per heavy atom. The molecule has 9 heteroatoms. The number of rotatable bonds is 3. The molecule has 3 rings (SSSR count). The highest BCUT2D eigenvalue weighted by Crippen LogP contribution is 2.26. The molecule has 0 unspecified atom stereocenters. The number of carbonyl (C=O) groups is 1. The largest absolute Gasteiger partial charge is 0.366 e. The van der Waals surface area contributed by atoms with Crippen LogP contribution in [0.1, 0.15) is 16.4 Å². The van der Waals surface area contributed by atoms with E-state index in [1.165, 1.54) is 0 Å². The molecule has 0 atom stereocenters. The number of H-pyrrole nitrogens is 1. The van der Waals surface area contributed by atoms with Crippen molar-refractivity contribution in [2.45, 2.75) is 6.92 Å². The molecule has 2 aromatic heterocycles. The number of nitrogens with one attached hydrogen (secondary N) is 2. The summed E-state index contributed by atoms with van der Waals surface area (Å²) in [6.45, 7) is 1.71. The first-order chi connectivity index (χ1) is 10.1. The van der Waals surface area contributed by atoms with Crippen molar-refractivity contribution in [3.8, 4) is 11.5 Å². The Kier molecular flexibility index (Phi) is 3.07. The van der Waals surface area contributed by atoms with Crippen molar-refractivity contribution < 1.29 is 9.32 Å². The van der Waals surface area contributed by atoms with Gasteiger partial charge < -0.3 is 15.6 Å². The minimum Gasteiger partial charge on any atom is -0.366 e. The van der Waals surface area contributed by atoms with E-state index in [4.69, 9.17) is 10.3 Å². The first-order valence-corrected chi connectivity index (χ1v) is 6.02. The molecule has 0 aliphatic carbocycles. The van der Waals surface area contributed by atoms with Gasteiger partial charge in [0.15, 0.2) is 5.82 Å². The number of amides is 1. The molecular formula is C12H11N7O2. The van der Waals surface area contributed by atoms with E-state index in [0.717, 1.165) is 0 Å². The Morgan fingerprint density at radius 2 is 2.14 bits per heavy atom. The van der Waals surface area contributed by atoms with Gasteiger partial charge in [-0.05, 0) is 19.1 Å². The Bertz CT molecular complexity index is 792. The van der Waals surface area contributed by atoms with Gasteiger partial charge in [0.1, 0.15) is 0 Å². The fourth-order valence-electron chi connectivity index (χ4n) is 1.74. The lowest BCUT2D eigenvalue weighted by Crippen LogP contribution is -2.14. The molecule has 0 aliphatic rings. The number of carbonyl (C=O) groups excluding carboxylic acids is 1. The maximum Gasteiger partial charge on any atom is 0.293 e. The fourth-order valence-corrected chi connectivity index (χ4v) is 1.74. The molecule has 0 fully saturated rings. The van der Waals surface area contributed by atoms with Crippen molar-refractivity contribution in [1.82, 2.24) is 25.3 Å². The van der Waals surface area contributed by atoms with Crippen LogP contribution >= 0.6 is 0 Å². The number of nitrogens with two attached hydrogens (primary N) is 1. The molecule has 0 spiro atoms. The van der Waals surface area contributed by atoms with E-state index in [0.29, 0.717) is 23.0 Å². The van der Waals surface area contributed by atoms with E-state index in [1.807, 2.05) is 0 Å². The summed E-state index contributed by atoms with van der Waals surface area (Å²) < 4.78 is 5.11. The predicted octanol–water partition coefficient (Wildman–Crippen LogP) is 0.998. The topological polar surface area (TPSA) is 136 Å². The van der Waals surface area contributed by atoms with E-state index < -0.39 is 5.91 Å². The van der Waals surface area contributed by atoms with E-state index in [2.05, 4.69) is 30.6 Å². The summed E-state index contributed by atoms with van der Waals surface area (Å²) in [5, 5.41) is 12.5. The summed E-state index contributed by atoms with van der Waals surface area (Å²) >= 11 is 0. The Labute approximate surface area is 118 Å². The summed E-state index contributed by atoms with van der Waals surface area (Å²) in [4.78, 5) is 20.0. The minimum absolute atomic E-state index is 0.000890. The van der Waals surface area contributed by atoms with Crippen LogP contribution in [0.2, 0.25) is 0 Å². The SMILES string of the molecule is Cc1noc(-c2ccccc2NC(=O)c2nc(N)n[nH]2)n1. The predicted molar refractivity (Wildman–Crippen MR) is 73.2 cm³/mol. The first-order valence-electron chi connectivity index (χ1n) is 6.02. The van der Waals surface area contributed by atoms with Crippen LogP contribution in [0.15, 0.2) is 28.8 Å². The van der Waals surface area contributed by atoms with Crippen molar-refractivity contribution >= 4 is 17.5 Å². The van der Waals surface area contributed by atoms with Gasteiger partial charge in [0.25, 0.3) is 11.8 Å². The molecule has 0 bridgehead atoms. The van der Waals surface area contributed by atoms with Crippen LogP contribution in [-0.2, 0) is 0 Å². The highest BCUT2D eigenvalue weighted by Gasteiger charge is 2.16. The van der Waals surface area contributed by atoms with Crippen LogP contribution < -0.4 is 11.1 Å². The molecule has 0 radical (unpaired) electrons. The molecule has 1 amide bonds. The highest BCUT2D eigenvalue weighted by atomic mass is 16.5. The Hall–Kier alpha value is -3.23. The van der Waals surface area contributed by atoms with E-state index >= 15 is 0 Å². The van der Waals surface area contributed by atoms with Crippen LogP contribution in [0.25, 0.3) is 11.5 Å². The molecule has 0 saturated carbocycles. The summed E-state index contributed by atoms with van der Waals surface area (Å²) in [5.74, 6) is 0.377. The second-order valence-corrected chi connectivity index (χ2v) is 4.19. The monoisotopic (exact) mass is 285 g/mol. The van der Waals surface area contributed by atoms with Crippen LogP contribution in [-0.4, -0.2) is 31.2 Å². The van der Waals surface area contributed by atoms with Crippen LogP contribution in [0.4, 0.5) is 11.6 Å². The van der Waals surface area contributed by atoms with Gasteiger partial charge in [-0.15, -0.1) is 5.10 Å². The van der Waals surface area contributed by atoms with E-state index in [1.54, 1.807) is 31.2 Å². The number of para-hydroxylation sites is 1. The van der Waals surface area contributed by atoms with Crippen LogP contribution in [0, 0.1) is 6.92 Å². The maximum atomic E-state index is 12.0. The summed E-state index contributed by atoms with van der Waals surface area (Å²) in [7, 11) is 0. The number of anilines is 2.